The second kappa shape index (κ2) is 10.2. The molecule has 0 amide bonds. The van der Waals surface area contributed by atoms with Gasteiger partial charge in [-0.1, -0.05) is 26.8 Å². The molecule has 0 unspecified atom stereocenters. The number of nitrogens with zero attached hydrogens (tertiary/aromatic N) is 2. The topological polar surface area (TPSA) is 91.2 Å². The van der Waals surface area contributed by atoms with Crippen molar-refractivity contribution >= 4 is 21.6 Å². The van der Waals surface area contributed by atoms with Crippen LogP contribution in [-0.2, 0) is 10.1 Å². The van der Waals surface area contributed by atoms with E-state index in [2.05, 4.69) is 39.9 Å². The first kappa shape index (κ1) is 27.3. The Balaban J connectivity index is 1.72. The number of ether oxygens (including phenoxy) is 2. The van der Waals surface area contributed by atoms with Crippen molar-refractivity contribution in [2.24, 2.45) is 5.41 Å². The summed E-state index contributed by atoms with van der Waals surface area (Å²) in [6, 6.07) is 17.0. The molecule has 0 bridgehead atoms. The van der Waals surface area contributed by atoms with E-state index in [-0.39, 0.29) is 27.3 Å². The maximum absolute atomic E-state index is 12.9. The third-order valence-electron chi connectivity index (χ3n) is 5.94. The molecule has 2 aromatic heterocycles. The summed E-state index contributed by atoms with van der Waals surface area (Å²) < 4.78 is 44.0. The summed E-state index contributed by atoms with van der Waals surface area (Å²) in [4.78, 5) is 4.89. The lowest BCUT2D eigenvalue weighted by Crippen LogP contribution is -2.36. The van der Waals surface area contributed by atoms with Gasteiger partial charge in [-0.3, -0.25) is 4.40 Å². The predicted molar refractivity (Wildman–Crippen MR) is 150 cm³/mol. The number of aromatic nitrogens is 2. The summed E-state index contributed by atoms with van der Waals surface area (Å²) in [7, 11) is -1.10. The van der Waals surface area contributed by atoms with Crippen LogP contribution < -0.4 is 19.0 Å². The van der Waals surface area contributed by atoms with Gasteiger partial charge in [0, 0.05) is 17.3 Å². The van der Waals surface area contributed by atoms with Crippen molar-refractivity contribution in [2.45, 2.75) is 51.5 Å². The standard InChI is InChI=1S/C29H35N3O5S/c1-28(2,3)19-29(4,5)31-27-26(30-25-10-8-9-17-32(25)27)20-11-16-23(24(18-20)36-7)37-38(33,34)22-14-12-21(35-6)13-15-22/h8-18,31H,19H2,1-7H3. The van der Waals surface area contributed by atoms with Gasteiger partial charge in [0.1, 0.15) is 27.8 Å². The van der Waals surface area contributed by atoms with Gasteiger partial charge in [-0.2, -0.15) is 8.42 Å². The van der Waals surface area contributed by atoms with Crippen molar-refractivity contribution in [1.82, 2.24) is 9.38 Å². The van der Waals surface area contributed by atoms with E-state index in [1.165, 1.54) is 26.4 Å². The average molecular weight is 538 g/mol. The van der Waals surface area contributed by atoms with Crippen molar-refractivity contribution in [3.63, 3.8) is 0 Å². The van der Waals surface area contributed by atoms with E-state index >= 15 is 0 Å². The summed E-state index contributed by atoms with van der Waals surface area (Å²) in [6.45, 7) is 11.0. The number of pyridine rings is 1. The van der Waals surface area contributed by atoms with Gasteiger partial charge < -0.3 is 19.0 Å². The maximum Gasteiger partial charge on any atom is 0.339 e. The van der Waals surface area contributed by atoms with Gasteiger partial charge in [0.2, 0.25) is 0 Å². The van der Waals surface area contributed by atoms with Gasteiger partial charge in [0.25, 0.3) is 0 Å². The van der Waals surface area contributed by atoms with E-state index < -0.39 is 10.1 Å². The number of imidazole rings is 1. The summed E-state index contributed by atoms with van der Waals surface area (Å²) >= 11 is 0. The molecule has 0 fully saturated rings. The minimum Gasteiger partial charge on any atom is -0.497 e. The van der Waals surface area contributed by atoms with Crippen molar-refractivity contribution in [2.75, 3.05) is 19.5 Å². The molecule has 0 aliphatic heterocycles. The molecule has 8 nitrogen and oxygen atoms in total. The fraction of sp³-hybridized carbons (Fsp3) is 0.345. The van der Waals surface area contributed by atoms with Gasteiger partial charge in [-0.15, -0.1) is 0 Å². The Morgan fingerprint density at radius 2 is 1.61 bits per heavy atom. The van der Waals surface area contributed by atoms with E-state index in [1.54, 1.807) is 30.3 Å². The molecule has 0 spiro atoms. The first-order valence-corrected chi connectivity index (χ1v) is 13.7. The van der Waals surface area contributed by atoms with E-state index in [9.17, 15) is 8.42 Å². The first-order valence-electron chi connectivity index (χ1n) is 12.3. The highest BCUT2D eigenvalue weighted by atomic mass is 32.2. The highest BCUT2D eigenvalue weighted by molar-refractivity contribution is 7.87. The van der Waals surface area contributed by atoms with Crippen molar-refractivity contribution in [3.05, 3.63) is 66.9 Å². The zero-order valence-electron chi connectivity index (χ0n) is 22.9. The number of anilines is 1. The second-order valence-corrected chi connectivity index (χ2v) is 12.6. The third kappa shape index (κ3) is 6.05. The minimum absolute atomic E-state index is 0.0114. The van der Waals surface area contributed by atoms with Crippen molar-refractivity contribution in [3.8, 4) is 28.5 Å². The van der Waals surface area contributed by atoms with E-state index in [1.807, 2.05) is 28.8 Å². The maximum atomic E-state index is 12.9. The number of rotatable bonds is 9. The molecule has 4 aromatic rings. The first-order chi connectivity index (χ1) is 17.8. The number of hydrogen-bond acceptors (Lipinski definition) is 7. The molecule has 9 heteroatoms. The zero-order chi connectivity index (χ0) is 27.7. The predicted octanol–water partition coefficient (Wildman–Crippen LogP) is 6.41. The molecule has 0 atom stereocenters. The highest BCUT2D eigenvalue weighted by Gasteiger charge is 2.28. The molecule has 0 aliphatic rings. The lowest BCUT2D eigenvalue weighted by atomic mass is 9.82. The quantitative estimate of drug-likeness (QED) is 0.247. The SMILES string of the molecule is COc1ccc(S(=O)(=O)Oc2ccc(-c3nc4ccccn4c3NC(C)(C)CC(C)(C)C)cc2OC)cc1. The Bertz CT molecular complexity index is 1530. The van der Waals surface area contributed by atoms with Crippen LogP contribution in [-0.4, -0.2) is 37.6 Å². The molecule has 0 saturated heterocycles. The number of methoxy groups -OCH3 is 2. The Labute approximate surface area is 224 Å². The molecule has 1 N–H and O–H groups in total. The van der Waals surface area contributed by atoms with Crippen LogP contribution in [0.4, 0.5) is 5.82 Å². The van der Waals surface area contributed by atoms with Gasteiger partial charge >= 0.3 is 10.1 Å². The number of nitrogens with one attached hydrogen (secondary N) is 1. The van der Waals surface area contributed by atoms with E-state index in [0.717, 1.165) is 29.1 Å². The monoisotopic (exact) mass is 537 g/mol. The Hall–Kier alpha value is -3.72. The minimum atomic E-state index is -4.09. The summed E-state index contributed by atoms with van der Waals surface area (Å²) in [5.41, 5.74) is 2.17. The lowest BCUT2D eigenvalue weighted by Gasteiger charge is -2.34. The largest absolute Gasteiger partial charge is 0.497 e. The smallest absolute Gasteiger partial charge is 0.339 e. The summed E-state index contributed by atoms with van der Waals surface area (Å²) in [6.07, 6.45) is 2.90. The molecule has 38 heavy (non-hydrogen) atoms. The van der Waals surface area contributed by atoms with Crippen LogP contribution in [0.1, 0.15) is 41.0 Å². The molecular formula is C29H35N3O5S. The second-order valence-electron chi connectivity index (χ2n) is 11.1. The number of benzene rings is 2. The third-order valence-corrected chi connectivity index (χ3v) is 7.19. The van der Waals surface area contributed by atoms with Crippen LogP contribution in [0.2, 0.25) is 0 Å². The molecule has 0 aliphatic carbocycles. The molecule has 2 heterocycles. The van der Waals surface area contributed by atoms with Gasteiger partial charge in [0.15, 0.2) is 11.5 Å². The van der Waals surface area contributed by atoms with Crippen molar-refractivity contribution in [1.29, 1.82) is 0 Å². The Kier molecular flexibility index (Phi) is 7.34. The molecule has 4 rings (SSSR count). The van der Waals surface area contributed by atoms with Crippen LogP contribution in [0.5, 0.6) is 17.2 Å². The molecule has 0 radical (unpaired) electrons. The summed E-state index contributed by atoms with van der Waals surface area (Å²) in [5.74, 6) is 1.75. The fourth-order valence-electron chi connectivity index (χ4n) is 4.80. The number of hydrogen-bond donors (Lipinski definition) is 1. The van der Waals surface area contributed by atoms with Crippen LogP contribution in [0.25, 0.3) is 16.9 Å². The van der Waals surface area contributed by atoms with E-state index in [4.69, 9.17) is 18.6 Å². The average Bonchev–Trinajstić information content (AvgIpc) is 3.20. The molecule has 202 valence electrons. The normalized spacial score (nSPS) is 12.4. The lowest BCUT2D eigenvalue weighted by molar-refractivity contribution is 0.302. The molecule has 2 aromatic carbocycles. The Morgan fingerprint density at radius 3 is 2.24 bits per heavy atom. The van der Waals surface area contributed by atoms with Crippen LogP contribution in [0, 0.1) is 5.41 Å². The fourth-order valence-corrected chi connectivity index (χ4v) is 5.74. The highest BCUT2D eigenvalue weighted by Crippen LogP contribution is 2.39. The van der Waals surface area contributed by atoms with Gasteiger partial charge in [-0.05, 0) is 80.3 Å². The zero-order valence-corrected chi connectivity index (χ0v) is 23.7. The van der Waals surface area contributed by atoms with Crippen molar-refractivity contribution < 1.29 is 22.1 Å². The van der Waals surface area contributed by atoms with Crippen LogP contribution in [0.15, 0.2) is 71.8 Å². The molecular weight excluding hydrogens is 502 g/mol. The summed E-state index contributed by atoms with van der Waals surface area (Å²) in [5, 5.41) is 3.71. The van der Waals surface area contributed by atoms with E-state index in [0.29, 0.717) is 5.75 Å². The van der Waals surface area contributed by atoms with Crippen LogP contribution in [0.3, 0.4) is 0 Å². The number of fused-ring (bicyclic) bond motifs is 1. The molecule has 0 saturated carbocycles. The Morgan fingerprint density at radius 1 is 0.895 bits per heavy atom. The van der Waals surface area contributed by atoms with Gasteiger partial charge in [-0.25, -0.2) is 4.98 Å². The van der Waals surface area contributed by atoms with Crippen LogP contribution >= 0.6 is 0 Å². The van der Waals surface area contributed by atoms with Gasteiger partial charge in [0.05, 0.1) is 14.2 Å².